The van der Waals surface area contributed by atoms with Crippen molar-refractivity contribution in [2.24, 2.45) is 0 Å². The van der Waals surface area contributed by atoms with Crippen LogP contribution in [0.4, 0.5) is 0 Å². The fraction of sp³-hybridized carbons (Fsp3) is 0.467. The third-order valence-electron chi connectivity index (χ3n) is 3.24. The van der Waals surface area contributed by atoms with Gasteiger partial charge in [-0.1, -0.05) is 35.0 Å². The molecule has 2 aromatic rings. The van der Waals surface area contributed by atoms with Crippen molar-refractivity contribution < 1.29 is 4.52 Å². The van der Waals surface area contributed by atoms with Gasteiger partial charge in [-0.3, -0.25) is 0 Å². The minimum absolute atomic E-state index is 0.363. The summed E-state index contributed by atoms with van der Waals surface area (Å²) >= 11 is 0. The molecule has 0 saturated heterocycles. The van der Waals surface area contributed by atoms with Gasteiger partial charge in [0.05, 0.1) is 0 Å². The van der Waals surface area contributed by atoms with E-state index in [2.05, 4.69) is 53.6 Å². The minimum Gasteiger partial charge on any atom is -0.339 e. The molecule has 102 valence electrons. The van der Waals surface area contributed by atoms with E-state index in [-0.39, 0.29) is 0 Å². The van der Waals surface area contributed by atoms with Gasteiger partial charge in [0.1, 0.15) is 0 Å². The zero-order chi connectivity index (χ0) is 13.7. The van der Waals surface area contributed by atoms with Crippen molar-refractivity contribution in [3.8, 4) is 0 Å². The van der Waals surface area contributed by atoms with E-state index < -0.39 is 0 Å². The largest absolute Gasteiger partial charge is 0.339 e. The van der Waals surface area contributed by atoms with Gasteiger partial charge >= 0.3 is 0 Å². The Morgan fingerprint density at radius 1 is 1.21 bits per heavy atom. The SMILES string of the molecule is CNC(C)Cc1noc(CCc2ccc(C)cc2)n1. The lowest BCUT2D eigenvalue weighted by Crippen LogP contribution is -2.24. The van der Waals surface area contributed by atoms with Gasteiger partial charge in [-0.15, -0.1) is 0 Å². The molecule has 19 heavy (non-hydrogen) atoms. The Kier molecular flexibility index (Phi) is 4.68. The van der Waals surface area contributed by atoms with Crippen LogP contribution in [-0.2, 0) is 19.3 Å². The predicted molar refractivity (Wildman–Crippen MR) is 75.1 cm³/mol. The molecule has 0 fully saturated rings. The van der Waals surface area contributed by atoms with E-state index in [0.29, 0.717) is 6.04 Å². The van der Waals surface area contributed by atoms with Gasteiger partial charge in [0.2, 0.25) is 5.89 Å². The van der Waals surface area contributed by atoms with E-state index in [4.69, 9.17) is 4.52 Å². The predicted octanol–water partition coefficient (Wildman–Crippen LogP) is 2.31. The number of aryl methyl sites for hydroxylation is 3. The van der Waals surface area contributed by atoms with Crippen LogP contribution >= 0.6 is 0 Å². The van der Waals surface area contributed by atoms with E-state index in [1.165, 1.54) is 11.1 Å². The first-order valence-electron chi connectivity index (χ1n) is 6.71. The molecule has 4 nitrogen and oxygen atoms in total. The summed E-state index contributed by atoms with van der Waals surface area (Å²) in [5.41, 5.74) is 2.58. The zero-order valence-electron chi connectivity index (χ0n) is 11.8. The Labute approximate surface area is 114 Å². The molecule has 1 unspecified atom stereocenters. The van der Waals surface area contributed by atoms with Crippen molar-refractivity contribution in [3.05, 3.63) is 47.1 Å². The second-order valence-electron chi connectivity index (χ2n) is 4.98. The van der Waals surface area contributed by atoms with Gasteiger partial charge in [0.15, 0.2) is 5.82 Å². The number of rotatable bonds is 6. The number of hydrogen-bond donors (Lipinski definition) is 1. The average Bonchev–Trinajstić information content (AvgIpc) is 2.85. The van der Waals surface area contributed by atoms with Crippen LogP contribution < -0.4 is 5.32 Å². The van der Waals surface area contributed by atoms with E-state index in [0.717, 1.165) is 31.0 Å². The Hall–Kier alpha value is -1.68. The fourth-order valence-electron chi connectivity index (χ4n) is 1.86. The molecule has 2 rings (SSSR count). The fourth-order valence-corrected chi connectivity index (χ4v) is 1.86. The lowest BCUT2D eigenvalue weighted by molar-refractivity contribution is 0.371. The van der Waals surface area contributed by atoms with Gasteiger partial charge < -0.3 is 9.84 Å². The molecule has 1 atom stereocenters. The van der Waals surface area contributed by atoms with Crippen LogP contribution in [-0.4, -0.2) is 23.2 Å². The first-order valence-corrected chi connectivity index (χ1v) is 6.71. The molecule has 0 radical (unpaired) electrons. The van der Waals surface area contributed by atoms with Crippen LogP contribution in [0.1, 0.15) is 29.8 Å². The maximum atomic E-state index is 5.27. The molecule has 0 bridgehead atoms. The third-order valence-corrected chi connectivity index (χ3v) is 3.24. The normalized spacial score (nSPS) is 12.6. The highest BCUT2D eigenvalue weighted by molar-refractivity contribution is 5.21. The summed E-state index contributed by atoms with van der Waals surface area (Å²) in [5, 5.41) is 7.17. The highest BCUT2D eigenvalue weighted by Gasteiger charge is 2.09. The van der Waals surface area contributed by atoms with Crippen molar-refractivity contribution in [1.82, 2.24) is 15.5 Å². The molecule has 0 aliphatic rings. The summed E-state index contributed by atoms with van der Waals surface area (Å²) in [5.74, 6) is 1.50. The highest BCUT2D eigenvalue weighted by atomic mass is 16.5. The molecule has 0 amide bonds. The number of hydrogen-bond acceptors (Lipinski definition) is 4. The molecule has 1 N–H and O–H groups in total. The van der Waals surface area contributed by atoms with Gasteiger partial charge in [-0.05, 0) is 32.9 Å². The Bertz CT molecular complexity index is 504. The molecular formula is C15H21N3O. The van der Waals surface area contributed by atoms with Gasteiger partial charge in [-0.25, -0.2) is 0 Å². The van der Waals surface area contributed by atoms with E-state index in [9.17, 15) is 0 Å². The standard InChI is InChI=1S/C15H21N3O/c1-11-4-6-13(7-5-11)8-9-15-17-14(18-19-15)10-12(2)16-3/h4-7,12,16H,8-10H2,1-3H3. The summed E-state index contributed by atoms with van der Waals surface area (Å²) in [6, 6.07) is 8.92. The molecule has 4 heteroatoms. The molecule has 1 aromatic heterocycles. The summed E-state index contributed by atoms with van der Waals surface area (Å²) in [7, 11) is 1.93. The van der Waals surface area contributed by atoms with Crippen LogP contribution in [0.3, 0.4) is 0 Å². The van der Waals surface area contributed by atoms with E-state index in [1.54, 1.807) is 0 Å². The monoisotopic (exact) mass is 259 g/mol. The van der Waals surface area contributed by atoms with E-state index >= 15 is 0 Å². The summed E-state index contributed by atoms with van der Waals surface area (Å²) < 4.78 is 5.27. The van der Waals surface area contributed by atoms with Crippen LogP contribution in [0, 0.1) is 6.92 Å². The number of nitrogens with one attached hydrogen (secondary N) is 1. The lowest BCUT2D eigenvalue weighted by atomic mass is 10.1. The quantitative estimate of drug-likeness (QED) is 0.865. The topological polar surface area (TPSA) is 51.0 Å². The van der Waals surface area contributed by atoms with Crippen molar-refractivity contribution in [3.63, 3.8) is 0 Å². The molecule has 1 aromatic carbocycles. The van der Waals surface area contributed by atoms with Crippen LogP contribution in [0.2, 0.25) is 0 Å². The maximum Gasteiger partial charge on any atom is 0.226 e. The first-order chi connectivity index (χ1) is 9.17. The van der Waals surface area contributed by atoms with Crippen LogP contribution in [0.5, 0.6) is 0 Å². The van der Waals surface area contributed by atoms with Crippen molar-refractivity contribution in [2.45, 2.75) is 39.2 Å². The Balaban J connectivity index is 1.88. The minimum atomic E-state index is 0.363. The van der Waals surface area contributed by atoms with Crippen LogP contribution in [0.25, 0.3) is 0 Å². The summed E-state index contributed by atoms with van der Waals surface area (Å²) in [6.07, 6.45) is 2.53. The number of nitrogens with zero attached hydrogens (tertiary/aromatic N) is 2. The lowest BCUT2D eigenvalue weighted by Gasteiger charge is -2.04. The smallest absolute Gasteiger partial charge is 0.226 e. The van der Waals surface area contributed by atoms with Crippen molar-refractivity contribution in [1.29, 1.82) is 0 Å². The average molecular weight is 259 g/mol. The summed E-state index contributed by atoms with van der Waals surface area (Å²) in [6.45, 7) is 4.19. The van der Waals surface area contributed by atoms with Gasteiger partial charge in [0.25, 0.3) is 0 Å². The molecule has 0 aliphatic carbocycles. The van der Waals surface area contributed by atoms with Crippen LogP contribution in [0.15, 0.2) is 28.8 Å². The first kappa shape index (κ1) is 13.7. The molecule has 0 spiro atoms. The van der Waals surface area contributed by atoms with Crippen molar-refractivity contribution in [2.75, 3.05) is 7.05 Å². The maximum absolute atomic E-state index is 5.27. The van der Waals surface area contributed by atoms with E-state index in [1.807, 2.05) is 7.05 Å². The zero-order valence-corrected chi connectivity index (χ0v) is 11.8. The molecule has 0 saturated carbocycles. The van der Waals surface area contributed by atoms with Gasteiger partial charge in [-0.2, -0.15) is 4.98 Å². The second kappa shape index (κ2) is 6.48. The molecule has 0 aliphatic heterocycles. The van der Waals surface area contributed by atoms with Crippen molar-refractivity contribution >= 4 is 0 Å². The number of aromatic nitrogens is 2. The summed E-state index contributed by atoms with van der Waals surface area (Å²) in [4.78, 5) is 4.41. The third kappa shape index (κ3) is 4.17. The van der Waals surface area contributed by atoms with Gasteiger partial charge in [0, 0.05) is 18.9 Å². The molecular weight excluding hydrogens is 238 g/mol. The molecule has 1 heterocycles. The Morgan fingerprint density at radius 2 is 1.95 bits per heavy atom. The second-order valence-corrected chi connectivity index (χ2v) is 4.98. The number of likely N-dealkylation sites (N-methyl/N-ethyl adjacent to an activating group) is 1. The number of benzene rings is 1. The Morgan fingerprint density at radius 3 is 2.63 bits per heavy atom. The highest BCUT2D eigenvalue weighted by Crippen LogP contribution is 2.08.